The molecule has 1 rings (SSSR count). The molecule has 5 heteroatoms. The molecule has 14 heavy (non-hydrogen) atoms. The normalized spacial score (nSPS) is 29.8. The molecular weight excluding hydrogens is 186 g/mol. The van der Waals surface area contributed by atoms with E-state index in [1.165, 1.54) is 0 Å². The van der Waals surface area contributed by atoms with E-state index in [-0.39, 0.29) is 5.97 Å². The van der Waals surface area contributed by atoms with Crippen LogP contribution in [0.1, 0.15) is 0 Å². The molecule has 2 atom stereocenters. The zero-order valence-corrected chi connectivity index (χ0v) is 8.73. The van der Waals surface area contributed by atoms with Crippen molar-refractivity contribution in [2.45, 2.75) is 6.10 Å². The number of ether oxygens (including phenoxy) is 2. The van der Waals surface area contributed by atoms with Gasteiger partial charge in [0.05, 0.1) is 13.7 Å². The largest absolute Gasteiger partial charge is 0.456 e. The second kappa shape index (κ2) is 4.72. The maximum atomic E-state index is 11.1. The van der Waals surface area contributed by atoms with E-state index < -0.39 is 6.10 Å². The molecule has 1 heterocycles. The summed E-state index contributed by atoms with van der Waals surface area (Å²) in [6.07, 6.45) is -0.518. The van der Waals surface area contributed by atoms with Gasteiger partial charge in [0, 0.05) is 7.11 Å². The Kier molecular flexibility index (Phi) is 3.86. The smallest absolute Gasteiger partial charge is 0.361 e. The summed E-state index contributed by atoms with van der Waals surface area (Å²) in [5, 5.41) is 9.56. The van der Waals surface area contributed by atoms with Crippen molar-refractivity contribution < 1.29 is 23.9 Å². The van der Waals surface area contributed by atoms with E-state index in [2.05, 4.69) is 0 Å². The molecule has 0 aromatic heterocycles. The van der Waals surface area contributed by atoms with E-state index >= 15 is 0 Å². The van der Waals surface area contributed by atoms with Crippen molar-refractivity contribution in [1.29, 1.82) is 0 Å². The van der Waals surface area contributed by atoms with Crippen LogP contribution in [0.5, 0.6) is 0 Å². The minimum atomic E-state index is -0.518. The summed E-state index contributed by atoms with van der Waals surface area (Å²) in [4.78, 5) is 11.1. The first kappa shape index (κ1) is 11.4. The van der Waals surface area contributed by atoms with Crippen molar-refractivity contribution >= 4 is 5.97 Å². The zero-order valence-electron chi connectivity index (χ0n) is 8.73. The summed E-state index contributed by atoms with van der Waals surface area (Å²) in [5.74, 6) is -0.191. The van der Waals surface area contributed by atoms with Crippen LogP contribution in [0, 0.1) is 0 Å². The Balaban J connectivity index is 2.43. The Morgan fingerprint density at radius 1 is 1.71 bits per heavy atom. The van der Waals surface area contributed by atoms with Crippen LogP contribution >= 0.6 is 0 Å². The first-order chi connectivity index (χ1) is 6.56. The number of aliphatic hydroxyl groups is 1. The van der Waals surface area contributed by atoms with Gasteiger partial charge in [0.2, 0.25) is 0 Å². The number of hydrogen-bond acceptors (Lipinski definition) is 4. The van der Waals surface area contributed by atoms with E-state index in [9.17, 15) is 9.90 Å². The maximum absolute atomic E-state index is 11.1. The predicted octanol–water partition coefficient (Wildman–Crippen LogP) is -1.00. The number of methoxy groups -OCH3 is 1. The first-order valence-electron chi connectivity index (χ1n) is 4.72. The van der Waals surface area contributed by atoms with Crippen molar-refractivity contribution in [2.24, 2.45) is 0 Å². The fraction of sp³-hybridized carbons (Fsp3) is 0.889. The fourth-order valence-electron chi connectivity index (χ4n) is 1.73. The van der Waals surface area contributed by atoms with Crippen molar-refractivity contribution in [3.63, 3.8) is 0 Å². The molecular formula is C9H18NO4+. The Bertz CT molecular complexity index is 209. The zero-order chi connectivity index (χ0) is 10.6. The Morgan fingerprint density at radius 2 is 2.43 bits per heavy atom. The molecule has 1 saturated heterocycles. The molecule has 5 nitrogen and oxygen atoms in total. The summed E-state index contributed by atoms with van der Waals surface area (Å²) in [6.45, 7) is 2.37. The van der Waals surface area contributed by atoms with Gasteiger partial charge < -0.3 is 19.1 Å². The van der Waals surface area contributed by atoms with Gasteiger partial charge in [0.15, 0.2) is 6.54 Å². The van der Waals surface area contributed by atoms with Gasteiger partial charge >= 0.3 is 5.97 Å². The highest BCUT2D eigenvalue weighted by Crippen LogP contribution is 2.09. The Hall–Kier alpha value is -0.650. The number of cyclic esters (lactones) is 1. The van der Waals surface area contributed by atoms with Crippen LogP contribution < -0.4 is 0 Å². The van der Waals surface area contributed by atoms with Gasteiger partial charge in [-0.25, -0.2) is 4.79 Å². The molecule has 2 unspecified atom stereocenters. The number of nitrogens with zero attached hydrogens (tertiary/aromatic N) is 1. The third-order valence-electron chi connectivity index (χ3n) is 2.42. The topological polar surface area (TPSA) is 55.8 Å². The van der Waals surface area contributed by atoms with Gasteiger partial charge in [0.1, 0.15) is 25.8 Å². The van der Waals surface area contributed by atoms with Crippen LogP contribution in [-0.4, -0.2) is 68.7 Å². The molecule has 0 radical (unpaired) electrons. The van der Waals surface area contributed by atoms with E-state index in [0.717, 1.165) is 6.54 Å². The van der Waals surface area contributed by atoms with Crippen LogP contribution in [0.15, 0.2) is 0 Å². The highest BCUT2D eigenvalue weighted by molar-refractivity contribution is 5.71. The summed E-state index contributed by atoms with van der Waals surface area (Å²) in [5.41, 5.74) is 0. The highest BCUT2D eigenvalue weighted by Gasteiger charge is 2.33. The number of carbonyl (C=O) groups excluding carboxylic acids is 1. The average Bonchev–Trinajstić information content (AvgIpc) is 2.02. The number of carbonyl (C=O) groups is 1. The number of morpholine rings is 1. The lowest BCUT2D eigenvalue weighted by Gasteiger charge is -2.37. The van der Waals surface area contributed by atoms with Crippen molar-refractivity contribution in [3.8, 4) is 0 Å². The van der Waals surface area contributed by atoms with E-state index in [0.29, 0.717) is 30.8 Å². The minimum Gasteiger partial charge on any atom is -0.456 e. The predicted molar refractivity (Wildman–Crippen MR) is 49.6 cm³/mol. The van der Waals surface area contributed by atoms with Crippen molar-refractivity contribution in [2.75, 3.05) is 47.0 Å². The second-order valence-electron chi connectivity index (χ2n) is 4.01. The van der Waals surface area contributed by atoms with E-state index in [4.69, 9.17) is 9.47 Å². The first-order valence-corrected chi connectivity index (χ1v) is 4.72. The lowest BCUT2D eigenvalue weighted by Crippen LogP contribution is -2.57. The molecule has 0 bridgehead atoms. The van der Waals surface area contributed by atoms with Crippen LogP contribution in [0.3, 0.4) is 0 Å². The Labute approximate surface area is 83.8 Å². The molecule has 1 aliphatic heterocycles. The number of quaternary nitrogens is 1. The molecule has 0 aromatic carbocycles. The lowest BCUT2D eigenvalue weighted by atomic mass is 10.2. The van der Waals surface area contributed by atoms with Crippen LogP contribution in [0.2, 0.25) is 0 Å². The lowest BCUT2D eigenvalue weighted by molar-refractivity contribution is -0.909. The van der Waals surface area contributed by atoms with Gasteiger partial charge in [-0.2, -0.15) is 0 Å². The summed E-state index contributed by atoms with van der Waals surface area (Å²) in [6, 6.07) is 0. The molecule has 0 aromatic rings. The monoisotopic (exact) mass is 204 g/mol. The van der Waals surface area contributed by atoms with Crippen LogP contribution in [0.4, 0.5) is 0 Å². The van der Waals surface area contributed by atoms with Gasteiger partial charge in [0.25, 0.3) is 0 Å². The summed E-state index contributed by atoms with van der Waals surface area (Å²) < 4.78 is 10.2. The number of hydrogen-bond donors (Lipinski definition) is 1. The maximum Gasteiger partial charge on any atom is 0.361 e. The summed E-state index contributed by atoms with van der Waals surface area (Å²) >= 11 is 0. The minimum absolute atomic E-state index is 0.191. The van der Waals surface area contributed by atoms with E-state index in [1.807, 2.05) is 7.05 Å². The molecule has 82 valence electrons. The van der Waals surface area contributed by atoms with Crippen LogP contribution in [0.25, 0.3) is 0 Å². The quantitative estimate of drug-likeness (QED) is 0.471. The molecule has 1 fully saturated rings. The van der Waals surface area contributed by atoms with Gasteiger partial charge in [-0.3, -0.25) is 0 Å². The molecule has 0 spiro atoms. The Morgan fingerprint density at radius 3 is 3.00 bits per heavy atom. The van der Waals surface area contributed by atoms with Gasteiger partial charge in [-0.15, -0.1) is 0 Å². The highest BCUT2D eigenvalue weighted by atomic mass is 16.5. The third kappa shape index (κ3) is 3.25. The number of likely N-dealkylation sites (N-methyl/N-ethyl adjacent to an activating group) is 1. The SMILES string of the molecule is COCC(O)C[N+]1(C)CCOC(=O)C1. The molecule has 0 amide bonds. The van der Waals surface area contributed by atoms with E-state index in [1.54, 1.807) is 7.11 Å². The molecule has 1 N–H and O–H groups in total. The van der Waals surface area contributed by atoms with Crippen molar-refractivity contribution in [1.82, 2.24) is 0 Å². The number of rotatable bonds is 4. The van der Waals surface area contributed by atoms with Crippen LogP contribution in [-0.2, 0) is 14.3 Å². The second-order valence-corrected chi connectivity index (χ2v) is 4.01. The standard InChI is InChI=1S/C9H18NO4/c1-10(5-8(11)7-13-2)3-4-14-9(12)6-10/h8,11H,3-7H2,1-2H3/q+1. The summed E-state index contributed by atoms with van der Waals surface area (Å²) in [7, 11) is 3.49. The third-order valence-corrected chi connectivity index (χ3v) is 2.42. The fourth-order valence-corrected chi connectivity index (χ4v) is 1.73. The number of aliphatic hydroxyl groups excluding tert-OH is 1. The molecule has 1 aliphatic rings. The van der Waals surface area contributed by atoms with Crippen molar-refractivity contribution in [3.05, 3.63) is 0 Å². The molecule has 0 aliphatic carbocycles. The average molecular weight is 204 g/mol. The van der Waals surface area contributed by atoms with Gasteiger partial charge in [-0.1, -0.05) is 0 Å². The number of esters is 1. The molecule has 0 saturated carbocycles. The van der Waals surface area contributed by atoms with Gasteiger partial charge in [-0.05, 0) is 0 Å².